The van der Waals surface area contributed by atoms with Gasteiger partial charge in [0, 0.05) is 23.5 Å². The molecule has 0 atom stereocenters. The molecule has 0 radical (unpaired) electrons. The van der Waals surface area contributed by atoms with Crippen molar-refractivity contribution in [2.24, 2.45) is 4.99 Å². The minimum atomic E-state index is 0.211. The van der Waals surface area contributed by atoms with Gasteiger partial charge in [0.25, 0.3) is 0 Å². The van der Waals surface area contributed by atoms with Crippen LogP contribution in [0.15, 0.2) is 53.5 Å². The molecule has 2 rings (SSSR count). The number of aliphatic imine (C=N–C) groups is 1. The number of guanidine groups is 1. The number of anilines is 2. The second kappa shape index (κ2) is 9.42. The van der Waals surface area contributed by atoms with E-state index in [4.69, 9.17) is 4.99 Å². The molecule has 0 aliphatic heterocycles. The molecule has 2 aromatic rings. The zero-order valence-electron chi connectivity index (χ0n) is 17.1. The summed E-state index contributed by atoms with van der Waals surface area (Å²) in [5.74, 6) is 0.900. The van der Waals surface area contributed by atoms with Crippen molar-refractivity contribution in [2.45, 2.75) is 66.5 Å². The Hall–Kier alpha value is -2.29. The summed E-state index contributed by atoms with van der Waals surface area (Å²) in [5, 5.41) is 3.58. The largest absolute Gasteiger partial charge is 0.326 e. The molecule has 0 unspecified atom stereocenters. The van der Waals surface area contributed by atoms with Crippen LogP contribution < -0.4 is 10.2 Å². The number of rotatable bonds is 6. The number of aryl methyl sites for hydroxylation is 2. The molecule has 0 heterocycles. The Morgan fingerprint density at radius 2 is 1.54 bits per heavy atom. The van der Waals surface area contributed by atoms with Gasteiger partial charge in [0.05, 0.1) is 0 Å². The maximum absolute atomic E-state index is 4.91. The topological polar surface area (TPSA) is 27.6 Å². The van der Waals surface area contributed by atoms with Crippen LogP contribution in [0.3, 0.4) is 0 Å². The lowest BCUT2D eigenvalue weighted by atomic mass is 10.1. The number of benzene rings is 2. The van der Waals surface area contributed by atoms with E-state index in [0.29, 0.717) is 6.04 Å². The lowest BCUT2D eigenvalue weighted by Gasteiger charge is -2.31. The third-order valence-electron chi connectivity index (χ3n) is 4.31. The van der Waals surface area contributed by atoms with E-state index in [2.05, 4.69) is 100 Å². The third-order valence-corrected chi connectivity index (χ3v) is 4.31. The Labute approximate surface area is 159 Å². The molecule has 0 fully saturated rings. The van der Waals surface area contributed by atoms with E-state index in [-0.39, 0.29) is 6.04 Å². The van der Waals surface area contributed by atoms with Gasteiger partial charge in [0.2, 0.25) is 5.96 Å². The Morgan fingerprint density at radius 1 is 0.923 bits per heavy atom. The maximum atomic E-state index is 4.91. The zero-order chi connectivity index (χ0) is 19.1. The van der Waals surface area contributed by atoms with Crippen molar-refractivity contribution in [2.75, 3.05) is 10.2 Å². The van der Waals surface area contributed by atoms with E-state index in [1.165, 1.54) is 16.8 Å². The highest BCUT2D eigenvalue weighted by atomic mass is 15.3. The first-order valence-electron chi connectivity index (χ1n) is 9.76. The molecule has 0 saturated carbocycles. The first kappa shape index (κ1) is 20.0. The van der Waals surface area contributed by atoms with Crippen LogP contribution in [0, 0.1) is 0 Å². The van der Waals surface area contributed by atoms with Crippen molar-refractivity contribution >= 4 is 17.3 Å². The molecule has 3 nitrogen and oxygen atoms in total. The smallest absolute Gasteiger partial charge is 0.203 e. The standard InChI is InChI=1S/C23H33N3/c1-7-19-11-9-13-21(15-19)25-23(24-17(3)4)26(18(5)6)22-14-10-12-20(8-2)16-22/h9-18H,7-8H2,1-6H3,(H,24,25). The van der Waals surface area contributed by atoms with Crippen LogP contribution in [0.5, 0.6) is 0 Å². The first-order valence-corrected chi connectivity index (χ1v) is 9.76. The molecule has 0 bridgehead atoms. The van der Waals surface area contributed by atoms with Crippen molar-refractivity contribution in [1.82, 2.24) is 0 Å². The second-order valence-electron chi connectivity index (χ2n) is 7.21. The molecule has 2 aromatic carbocycles. The second-order valence-corrected chi connectivity index (χ2v) is 7.21. The molecule has 0 amide bonds. The minimum Gasteiger partial charge on any atom is -0.326 e. The summed E-state index contributed by atoms with van der Waals surface area (Å²) in [6.07, 6.45) is 2.06. The maximum Gasteiger partial charge on any atom is 0.203 e. The van der Waals surface area contributed by atoms with Gasteiger partial charge in [0.15, 0.2) is 0 Å². The lowest BCUT2D eigenvalue weighted by molar-refractivity contribution is 0.778. The average molecular weight is 352 g/mol. The summed E-state index contributed by atoms with van der Waals surface area (Å²) in [6, 6.07) is 17.8. The van der Waals surface area contributed by atoms with Gasteiger partial charge in [-0.1, -0.05) is 38.1 Å². The Morgan fingerprint density at radius 3 is 2.12 bits per heavy atom. The zero-order valence-corrected chi connectivity index (χ0v) is 17.1. The molecule has 140 valence electrons. The van der Waals surface area contributed by atoms with Crippen LogP contribution in [0.4, 0.5) is 11.4 Å². The summed E-state index contributed by atoms with van der Waals surface area (Å²) in [5.41, 5.74) is 4.92. The molecule has 0 spiro atoms. The van der Waals surface area contributed by atoms with Crippen molar-refractivity contribution in [3.05, 3.63) is 59.7 Å². The van der Waals surface area contributed by atoms with Gasteiger partial charge in [-0.05, 0) is 75.9 Å². The monoisotopic (exact) mass is 351 g/mol. The fraction of sp³-hybridized carbons (Fsp3) is 0.435. The van der Waals surface area contributed by atoms with Crippen molar-refractivity contribution < 1.29 is 0 Å². The van der Waals surface area contributed by atoms with E-state index in [1.807, 2.05) is 0 Å². The number of hydrogen-bond donors (Lipinski definition) is 1. The van der Waals surface area contributed by atoms with Gasteiger partial charge in [0.1, 0.15) is 0 Å². The van der Waals surface area contributed by atoms with Crippen LogP contribution in [-0.4, -0.2) is 18.0 Å². The normalized spacial score (nSPS) is 11.9. The van der Waals surface area contributed by atoms with Gasteiger partial charge in [-0.3, -0.25) is 0 Å². The molecule has 0 aromatic heterocycles. The van der Waals surface area contributed by atoms with Crippen LogP contribution in [0.25, 0.3) is 0 Å². The number of nitrogens with one attached hydrogen (secondary N) is 1. The molecule has 0 aliphatic rings. The van der Waals surface area contributed by atoms with Crippen LogP contribution >= 0.6 is 0 Å². The molecule has 26 heavy (non-hydrogen) atoms. The van der Waals surface area contributed by atoms with E-state index in [1.54, 1.807) is 0 Å². The van der Waals surface area contributed by atoms with Crippen LogP contribution in [0.2, 0.25) is 0 Å². The Kier molecular flexibility index (Phi) is 7.26. The van der Waals surface area contributed by atoms with E-state index < -0.39 is 0 Å². The average Bonchev–Trinajstić information content (AvgIpc) is 2.61. The highest BCUT2D eigenvalue weighted by Gasteiger charge is 2.18. The number of hydrogen-bond acceptors (Lipinski definition) is 1. The predicted octanol–water partition coefficient (Wildman–Crippen LogP) is 5.90. The molecule has 1 N–H and O–H groups in total. The van der Waals surface area contributed by atoms with Crippen molar-refractivity contribution in [3.8, 4) is 0 Å². The van der Waals surface area contributed by atoms with E-state index >= 15 is 0 Å². The van der Waals surface area contributed by atoms with Gasteiger partial charge in [-0.15, -0.1) is 0 Å². The summed E-state index contributed by atoms with van der Waals surface area (Å²) >= 11 is 0. The summed E-state index contributed by atoms with van der Waals surface area (Å²) in [7, 11) is 0. The van der Waals surface area contributed by atoms with Gasteiger partial charge < -0.3 is 10.2 Å². The predicted molar refractivity (Wildman–Crippen MR) is 115 cm³/mol. The Balaban J connectivity index is 2.43. The molecule has 0 aliphatic carbocycles. The highest BCUT2D eigenvalue weighted by molar-refractivity contribution is 6.06. The van der Waals surface area contributed by atoms with Crippen molar-refractivity contribution in [1.29, 1.82) is 0 Å². The van der Waals surface area contributed by atoms with Gasteiger partial charge >= 0.3 is 0 Å². The lowest BCUT2D eigenvalue weighted by Crippen LogP contribution is -2.42. The molecule has 0 saturated heterocycles. The summed E-state index contributed by atoms with van der Waals surface area (Å²) in [4.78, 5) is 7.20. The highest BCUT2D eigenvalue weighted by Crippen LogP contribution is 2.22. The minimum absolute atomic E-state index is 0.211. The van der Waals surface area contributed by atoms with Crippen LogP contribution in [0.1, 0.15) is 52.7 Å². The van der Waals surface area contributed by atoms with Gasteiger partial charge in [-0.2, -0.15) is 0 Å². The van der Waals surface area contributed by atoms with E-state index in [0.717, 1.165) is 24.5 Å². The molecular weight excluding hydrogens is 318 g/mol. The first-order chi connectivity index (χ1) is 12.4. The van der Waals surface area contributed by atoms with Gasteiger partial charge in [-0.25, -0.2) is 4.99 Å². The van der Waals surface area contributed by atoms with Crippen molar-refractivity contribution in [3.63, 3.8) is 0 Å². The quantitative estimate of drug-likeness (QED) is 0.518. The molecular formula is C23H33N3. The Bertz CT molecular complexity index is 732. The number of nitrogens with zero attached hydrogens (tertiary/aromatic N) is 2. The SMILES string of the molecule is CCc1cccc(NC(=NC(C)C)N(c2cccc(CC)c2)C(C)C)c1. The van der Waals surface area contributed by atoms with E-state index in [9.17, 15) is 0 Å². The fourth-order valence-corrected chi connectivity index (χ4v) is 2.99. The summed E-state index contributed by atoms with van der Waals surface area (Å²) in [6.45, 7) is 13.0. The third kappa shape index (κ3) is 5.35. The summed E-state index contributed by atoms with van der Waals surface area (Å²) < 4.78 is 0. The molecule has 3 heteroatoms. The fourth-order valence-electron chi connectivity index (χ4n) is 2.99. The van der Waals surface area contributed by atoms with Crippen LogP contribution in [-0.2, 0) is 12.8 Å².